The van der Waals surface area contributed by atoms with Gasteiger partial charge in [0, 0.05) is 24.9 Å². The topological polar surface area (TPSA) is 114 Å². The lowest BCUT2D eigenvalue weighted by molar-refractivity contribution is 0.146. The molecule has 27 heavy (non-hydrogen) atoms. The smallest absolute Gasteiger partial charge is 0.147 e. The van der Waals surface area contributed by atoms with Crippen molar-refractivity contribution in [2.24, 2.45) is 0 Å². The first-order valence-corrected chi connectivity index (χ1v) is 9.88. The Morgan fingerprint density at radius 3 is 2.22 bits per heavy atom. The standard InChI is InChI=1S/C12H20N2O2.C7H8O3S/c1-4-14-11-6-5-10(13)9(2)12(11)16-8-7-15-3;1-6-2-4-7(5-3-6)11(8,9)10/h5-6,14H,4,7-8,13H2,1-3H3;2-5H,1H3,(H,8,9,10)/p-1. The van der Waals surface area contributed by atoms with E-state index in [0.29, 0.717) is 13.2 Å². The second kappa shape index (κ2) is 10.8. The Morgan fingerprint density at radius 2 is 1.70 bits per heavy atom. The van der Waals surface area contributed by atoms with Gasteiger partial charge < -0.3 is 25.1 Å². The lowest BCUT2D eigenvalue weighted by atomic mass is 10.1. The Bertz CT molecular complexity index is 821. The monoisotopic (exact) mass is 395 g/mol. The van der Waals surface area contributed by atoms with Crippen LogP contribution in [0.1, 0.15) is 18.1 Å². The zero-order valence-electron chi connectivity index (χ0n) is 16.1. The van der Waals surface area contributed by atoms with Gasteiger partial charge in [0.2, 0.25) is 0 Å². The second-order valence-corrected chi connectivity index (χ2v) is 7.17. The number of ether oxygens (including phenoxy) is 2. The molecule has 8 heteroatoms. The van der Waals surface area contributed by atoms with Crippen molar-refractivity contribution in [1.82, 2.24) is 0 Å². The molecule has 7 nitrogen and oxygen atoms in total. The third-order valence-electron chi connectivity index (χ3n) is 3.66. The van der Waals surface area contributed by atoms with E-state index in [4.69, 9.17) is 15.2 Å². The fraction of sp³-hybridized carbons (Fsp3) is 0.368. The molecule has 150 valence electrons. The molecule has 2 aromatic carbocycles. The van der Waals surface area contributed by atoms with Gasteiger partial charge in [0.15, 0.2) is 0 Å². The van der Waals surface area contributed by atoms with E-state index in [1.165, 1.54) is 12.1 Å². The third-order valence-corrected chi connectivity index (χ3v) is 4.51. The molecule has 2 rings (SSSR count). The highest BCUT2D eigenvalue weighted by molar-refractivity contribution is 7.85. The highest BCUT2D eigenvalue weighted by atomic mass is 32.2. The van der Waals surface area contributed by atoms with Crippen molar-refractivity contribution in [2.45, 2.75) is 25.7 Å². The lowest BCUT2D eigenvalue weighted by Crippen LogP contribution is -2.09. The largest absolute Gasteiger partial charge is 0.744 e. The molecular formula is C19H27N2O5S-. The summed E-state index contributed by atoms with van der Waals surface area (Å²) < 4.78 is 41.8. The van der Waals surface area contributed by atoms with Gasteiger partial charge in [-0.25, -0.2) is 8.42 Å². The van der Waals surface area contributed by atoms with E-state index in [2.05, 4.69) is 5.32 Å². The predicted molar refractivity (Wildman–Crippen MR) is 106 cm³/mol. The molecular weight excluding hydrogens is 368 g/mol. The van der Waals surface area contributed by atoms with E-state index in [9.17, 15) is 13.0 Å². The zero-order valence-corrected chi connectivity index (χ0v) is 16.9. The van der Waals surface area contributed by atoms with Crippen molar-refractivity contribution >= 4 is 21.5 Å². The van der Waals surface area contributed by atoms with E-state index >= 15 is 0 Å². The maximum atomic E-state index is 10.4. The zero-order chi connectivity index (χ0) is 20.4. The Kier molecular flexibility index (Phi) is 9.07. The van der Waals surface area contributed by atoms with Crippen LogP contribution in [-0.4, -0.2) is 39.8 Å². The van der Waals surface area contributed by atoms with Gasteiger partial charge in [-0.05, 0) is 45.0 Å². The first-order valence-electron chi connectivity index (χ1n) is 8.48. The number of rotatable bonds is 7. The normalized spacial score (nSPS) is 10.7. The summed E-state index contributed by atoms with van der Waals surface area (Å²) in [7, 11) is -2.62. The van der Waals surface area contributed by atoms with Gasteiger partial charge in [-0.3, -0.25) is 0 Å². The van der Waals surface area contributed by atoms with Crippen LogP contribution in [0.2, 0.25) is 0 Å². The fourth-order valence-electron chi connectivity index (χ4n) is 2.15. The van der Waals surface area contributed by atoms with E-state index in [1.807, 2.05) is 32.9 Å². The minimum atomic E-state index is -4.27. The summed E-state index contributed by atoms with van der Waals surface area (Å²) >= 11 is 0. The molecule has 0 aliphatic heterocycles. The molecule has 0 bridgehead atoms. The van der Waals surface area contributed by atoms with E-state index in [1.54, 1.807) is 19.2 Å². The number of methoxy groups -OCH3 is 1. The molecule has 0 radical (unpaired) electrons. The molecule has 0 saturated heterocycles. The summed E-state index contributed by atoms with van der Waals surface area (Å²) in [6.45, 7) is 7.77. The minimum absolute atomic E-state index is 0.178. The average molecular weight is 396 g/mol. The molecule has 2 aromatic rings. The minimum Gasteiger partial charge on any atom is -0.744 e. The fourth-order valence-corrected chi connectivity index (χ4v) is 2.62. The Hall–Kier alpha value is -2.29. The number of nitrogens with two attached hydrogens (primary N) is 1. The first kappa shape index (κ1) is 22.8. The third kappa shape index (κ3) is 7.46. The second-order valence-electron chi connectivity index (χ2n) is 5.80. The van der Waals surface area contributed by atoms with Crippen LogP contribution in [0.5, 0.6) is 5.75 Å². The van der Waals surface area contributed by atoms with Gasteiger partial charge in [0.25, 0.3) is 0 Å². The Labute approximate surface area is 161 Å². The van der Waals surface area contributed by atoms with Crippen molar-refractivity contribution in [3.05, 3.63) is 47.5 Å². The molecule has 0 aliphatic rings. The average Bonchev–Trinajstić information content (AvgIpc) is 2.61. The van der Waals surface area contributed by atoms with Gasteiger partial charge in [0.1, 0.15) is 22.5 Å². The Balaban J connectivity index is 0.000000289. The van der Waals surface area contributed by atoms with Crippen LogP contribution in [0.4, 0.5) is 11.4 Å². The van der Waals surface area contributed by atoms with E-state index in [-0.39, 0.29) is 4.90 Å². The van der Waals surface area contributed by atoms with Gasteiger partial charge in [0.05, 0.1) is 17.2 Å². The summed E-state index contributed by atoms with van der Waals surface area (Å²) in [4.78, 5) is -0.178. The maximum absolute atomic E-state index is 10.4. The molecule has 0 saturated carbocycles. The van der Waals surface area contributed by atoms with Crippen LogP contribution >= 0.6 is 0 Å². The number of hydrogen-bond donors (Lipinski definition) is 2. The molecule has 0 aliphatic carbocycles. The van der Waals surface area contributed by atoms with E-state index < -0.39 is 10.1 Å². The highest BCUT2D eigenvalue weighted by Gasteiger charge is 2.09. The quantitative estimate of drug-likeness (QED) is 0.421. The predicted octanol–water partition coefficient (Wildman–Crippen LogP) is 2.93. The van der Waals surface area contributed by atoms with Crippen molar-refractivity contribution in [3.63, 3.8) is 0 Å². The number of nitrogen functional groups attached to an aromatic ring is 1. The number of aryl methyl sites for hydroxylation is 1. The molecule has 0 spiro atoms. The van der Waals surface area contributed by atoms with E-state index in [0.717, 1.165) is 34.8 Å². The van der Waals surface area contributed by atoms with Gasteiger partial charge in [-0.1, -0.05) is 17.7 Å². The molecule has 0 aromatic heterocycles. The Morgan fingerprint density at radius 1 is 1.07 bits per heavy atom. The van der Waals surface area contributed by atoms with Gasteiger partial charge in [-0.15, -0.1) is 0 Å². The molecule has 0 unspecified atom stereocenters. The molecule has 3 N–H and O–H groups in total. The van der Waals surface area contributed by atoms with Crippen LogP contribution in [-0.2, 0) is 14.9 Å². The first-order chi connectivity index (χ1) is 12.7. The van der Waals surface area contributed by atoms with Crippen molar-refractivity contribution in [1.29, 1.82) is 0 Å². The van der Waals surface area contributed by atoms with Crippen LogP contribution in [0.3, 0.4) is 0 Å². The van der Waals surface area contributed by atoms with Gasteiger partial charge in [-0.2, -0.15) is 0 Å². The number of anilines is 2. The summed E-state index contributed by atoms with van der Waals surface area (Å²) in [6.07, 6.45) is 0. The number of hydrogen-bond acceptors (Lipinski definition) is 7. The van der Waals surface area contributed by atoms with Crippen LogP contribution in [0.25, 0.3) is 0 Å². The van der Waals surface area contributed by atoms with Crippen LogP contribution in [0, 0.1) is 13.8 Å². The molecule has 0 amide bonds. The maximum Gasteiger partial charge on any atom is 0.147 e. The molecule has 0 fully saturated rings. The van der Waals surface area contributed by atoms with Crippen molar-refractivity contribution in [3.8, 4) is 5.75 Å². The van der Waals surface area contributed by atoms with Crippen LogP contribution in [0.15, 0.2) is 41.3 Å². The number of benzene rings is 2. The summed E-state index contributed by atoms with van der Waals surface area (Å²) in [5, 5.41) is 3.25. The van der Waals surface area contributed by atoms with Gasteiger partial charge >= 0.3 is 0 Å². The summed E-state index contributed by atoms with van der Waals surface area (Å²) in [6, 6.07) is 9.61. The van der Waals surface area contributed by atoms with Crippen LogP contribution < -0.4 is 15.8 Å². The highest BCUT2D eigenvalue weighted by Crippen LogP contribution is 2.32. The molecule has 0 atom stereocenters. The van der Waals surface area contributed by atoms with Crippen molar-refractivity contribution < 1.29 is 22.4 Å². The summed E-state index contributed by atoms with van der Waals surface area (Å²) in [5.41, 5.74) is 9.47. The molecule has 0 heterocycles. The SMILES string of the molecule is CCNc1ccc(N)c(C)c1OCCOC.Cc1ccc(S(=O)(=O)[O-])cc1. The van der Waals surface area contributed by atoms with Crippen molar-refractivity contribution in [2.75, 3.05) is 37.9 Å². The lowest BCUT2D eigenvalue weighted by Gasteiger charge is -2.16. The number of nitrogens with one attached hydrogen (secondary N) is 1. The summed E-state index contributed by atoms with van der Waals surface area (Å²) in [5.74, 6) is 0.818.